The van der Waals surface area contributed by atoms with E-state index in [1.54, 1.807) is 0 Å². The summed E-state index contributed by atoms with van der Waals surface area (Å²) in [7, 11) is 0. The van der Waals surface area contributed by atoms with Crippen LogP contribution >= 0.6 is 0 Å². The first-order chi connectivity index (χ1) is 14.3. The smallest absolute Gasteiger partial charge is 0.169 e. The van der Waals surface area contributed by atoms with Gasteiger partial charge in [0.2, 0.25) is 0 Å². The van der Waals surface area contributed by atoms with Crippen molar-refractivity contribution in [3.63, 3.8) is 0 Å². The highest BCUT2D eigenvalue weighted by Gasteiger charge is 2.33. The second kappa shape index (κ2) is 7.42. The van der Waals surface area contributed by atoms with E-state index in [2.05, 4.69) is 17.1 Å². The number of nitrogens with zero attached hydrogens (tertiary/aromatic N) is 2. The Bertz CT molecular complexity index is 1190. The maximum absolute atomic E-state index is 12.9. The lowest BCUT2D eigenvalue weighted by Gasteiger charge is -2.19. The van der Waals surface area contributed by atoms with Crippen LogP contribution in [0.15, 0.2) is 58.0 Å². The summed E-state index contributed by atoms with van der Waals surface area (Å²) in [6.45, 7) is 7.71. The summed E-state index contributed by atoms with van der Waals surface area (Å²) in [6, 6.07) is 15.4. The molecule has 0 saturated heterocycles. The second-order valence-electron chi connectivity index (χ2n) is 8.65. The Hall–Kier alpha value is -3.45. The predicted molar refractivity (Wildman–Crippen MR) is 119 cm³/mol. The molecule has 1 aromatic heterocycles. The summed E-state index contributed by atoms with van der Waals surface area (Å²) >= 11 is 0. The number of carbonyl (C=O) groups excluding carboxylic acids is 1. The molecule has 4 rings (SSSR count). The average molecular weight is 396 g/mol. The zero-order valence-corrected chi connectivity index (χ0v) is 17.7. The standard InChI is InChI=1S/C26H24N2O2/c1-6-17-11-13-18(14-12-17)24-20-10-8-7-9-19(20)23-16(2)28-30-25(23)21(27-24)15-22(29)26(3,4)5/h1,7-14,21H,15H2,2-5H3/t21-/m0/s1. The van der Waals surface area contributed by atoms with E-state index in [4.69, 9.17) is 15.9 Å². The van der Waals surface area contributed by atoms with Crippen LogP contribution in [0.3, 0.4) is 0 Å². The van der Waals surface area contributed by atoms with Crippen LogP contribution in [0.5, 0.6) is 0 Å². The van der Waals surface area contributed by atoms with E-state index in [1.165, 1.54) is 0 Å². The summed E-state index contributed by atoms with van der Waals surface area (Å²) in [4.78, 5) is 18.0. The van der Waals surface area contributed by atoms with Crippen molar-refractivity contribution < 1.29 is 9.32 Å². The van der Waals surface area contributed by atoms with Crippen LogP contribution < -0.4 is 0 Å². The highest BCUT2D eigenvalue weighted by Crippen LogP contribution is 2.41. The SMILES string of the molecule is C#Cc1ccc(C2=N[C@@H](CC(=O)C(C)(C)C)c3onc(C)c3-c3ccccc32)cc1. The molecule has 0 saturated carbocycles. The van der Waals surface area contributed by atoms with Gasteiger partial charge in [0.25, 0.3) is 0 Å². The minimum Gasteiger partial charge on any atom is -0.358 e. The summed E-state index contributed by atoms with van der Waals surface area (Å²) in [5.41, 5.74) is 5.85. The third kappa shape index (κ3) is 3.48. The van der Waals surface area contributed by atoms with Gasteiger partial charge in [-0.3, -0.25) is 9.79 Å². The highest BCUT2D eigenvalue weighted by molar-refractivity contribution is 6.17. The van der Waals surface area contributed by atoms with Gasteiger partial charge in [0.05, 0.1) is 17.0 Å². The van der Waals surface area contributed by atoms with Gasteiger partial charge in [-0.2, -0.15) is 0 Å². The molecule has 0 amide bonds. The molecule has 1 aliphatic heterocycles. The summed E-state index contributed by atoms with van der Waals surface area (Å²) in [6.07, 6.45) is 5.78. The quantitative estimate of drug-likeness (QED) is 0.547. The van der Waals surface area contributed by atoms with Gasteiger partial charge < -0.3 is 4.52 Å². The number of rotatable bonds is 3. The van der Waals surface area contributed by atoms with Crippen molar-refractivity contribution in [3.8, 4) is 23.5 Å². The van der Waals surface area contributed by atoms with E-state index in [9.17, 15) is 4.79 Å². The van der Waals surface area contributed by atoms with Crippen molar-refractivity contribution in [1.29, 1.82) is 0 Å². The monoisotopic (exact) mass is 396 g/mol. The van der Waals surface area contributed by atoms with Gasteiger partial charge in [-0.05, 0) is 24.6 Å². The van der Waals surface area contributed by atoms with Gasteiger partial charge >= 0.3 is 0 Å². The Morgan fingerprint density at radius 1 is 1.10 bits per heavy atom. The summed E-state index contributed by atoms with van der Waals surface area (Å²) < 4.78 is 5.73. The lowest BCUT2D eigenvalue weighted by Crippen LogP contribution is -2.22. The minimum atomic E-state index is -0.460. The summed E-state index contributed by atoms with van der Waals surface area (Å²) in [5.74, 6) is 3.42. The van der Waals surface area contributed by atoms with E-state index in [0.717, 1.165) is 39.2 Å². The second-order valence-corrected chi connectivity index (χ2v) is 8.65. The molecule has 0 spiro atoms. The molecular formula is C26H24N2O2. The molecule has 0 unspecified atom stereocenters. The van der Waals surface area contributed by atoms with E-state index in [1.807, 2.05) is 70.2 Å². The molecule has 2 aromatic carbocycles. The van der Waals surface area contributed by atoms with Crippen LogP contribution in [0.2, 0.25) is 0 Å². The minimum absolute atomic E-state index is 0.129. The number of terminal acetylenes is 1. The first-order valence-electron chi connectivity index (χ1n) is 10.0. The van der Waals surface area contributed by atoms with Crippen molar-refractivity contribution in [2.75, 3.05) is 0 Å². The molecule has 30 heavy (non-hydrogen) atoms. The molecule has 3 aromatic rings. The number of carbonyl (C=O) groups is 1. The first kappa shape index (κ1) is 19.8. The van der Waals surface area contributed by atoms with Gasteiger partial charge in [-0.15, -0.1) is 6.42 Å². The molecule has 4 heteroatoms. The molecule has 1 aliphatic rings. The molecule has 1 atom stereocenters. The van der Waals surface area contributed by atoms with Gasteiger partial charge in [0.1, 0.15) is 11.8 Å². The van der Waals surface area contributed by atoms with E-state index >= 15 is 0 Å². The van der Waals surface area contributed by atoms with Crippen molar-refractivity contribution in [3.05, 3.63) is 76.7 Å². The molecule has 0 radical (unpaired) electrons. The maximum atomic E-state index is 12.9. The van der Waals surface area contributed by atoms with E-state index in [0.29, 0.717) is 5.76 Å². The number of Topliss-reactive ketones (excluding diaryl/α,β-unsaturated/α-hetero) is 1. The van der Waals surface area contributed by atoms with Crippen molar-refractivity contribution >= 4 is 11.5 Å². The number of aryl methyl sites for hydroxylation is 1. The third-order valence-electron chi connectivity index (χ3n) is 5.47. The van der Waals surface area contributed by atoms with Crippen LogP contribution in [0.4, 0.5) is 0 Å². The Labute approximate surface area is 177 Å². The maximum Gasteiger partial charge on any atom is 0.169 e. The van der Waals surface area contributed by atoms with Crippen LogP contribution in [-0.4, -0.2) is 16.7 Å². The Balaban J connectivity index is 1.93. The van der Waals surface area contributed by atoms with Crippen LogP contribution in [0, 0.1) is 24.7 Å². The molecule has 4 nitrogen and oxygen atoms in total. The fourth-order valence-electron chi connectivity index (χ4n) is 3.71. The number of aliphatic imine (C=N–C) groups is 1. The first-order valence-corrected chi connectivity index (χ1v) is 10.0. The number of ketones is 1. The Morgan fingerprint density at radius 3 is 2.40 bits per heavy atom. The van der Waals surface area contributed by atoms with Crippen LogP contribution in [-0.2, 0) is 4.79 Å². The predicted octanol–water partition coefficient (Wildman–Crippen LogP) is 5.53. The zero-order chi connectivity index (χ0) is 21.5. The number of hydrogen-bond acceptors (Lipinski definition) is 4. The fourth-order valence-corrected chi connectivity index (χ4v) is 3.71. The molecule has 0 N–H and O–H groups in total. The number of fused-ring (bicyclic) bond motifs is 3. The number of aromatic nitrogens is 1. The van der Waals surface area contributed by atoms with Gasteiger partial charge in [0.15, 0.2) is 5.76 Å². The normalized spacial score (nSPS) is 15.4. The van der Waals surface area contributed by atoms with Crippen molar-refractivity contribution in [2.24, 2.45) is 10.4 Å². The average Bonchev–Trinajstić information content (AvgIpc) is 3.05. The highest BCUT2D eigenvalue weighted by atomic mass is 16.5. The zero-order valence-electron chi connectivity index (χ0n) is 17.7. The third-order valence-corrected chi connectivity index (χ3v) is 5.47. The van der Waals surface area contributed by atoms with Gasteiger partial charge in [0, 0.05) is 28.5 Å². The number of benzene rings is 2. The molecule has 0 bridgehead atoms. The Kier molecular flexibility index (Phi) is 4.91. The number of hydrogen-bond donors (Lipinski definition) is 0. The molecule has 150 valence electrons. The summed E-state index contributed by atoms with van der Waals surface area (Å²) in [5, 5.41) is 4.20. The topological polar surface area (TPSA) is 55.5 Å². The van der Waals surface area contributed by atoms with E-state index in [-0.39, 0.29) is 12.2 Å². The largest absolute Gasteiger partial charge is 0.358 e. The Morgan fingerprint density at radius 2 is 1.77 bits per heavy atom. The van der Waals surface area contributed by atoms with Crippen LogP contribution in [0.25, 0.3) is 11.1 Å². The molecular weight excluding hydrogens is 372 g/mol. The lowest BCUT2D eigenvalue weighted by molar-refractivity contribution is -0.126. The van der Waals surface area contributed by atoms with E-state index < -0.39 is 11.5 Å². The van der Waals surface area contributed by atoms with Crippen LogP contribution in [0.1, 0.15) is 61.4 Å². The van der Waals surface area contributed by atoms with Gasteiger partial charge in [-0.25, -0.2) is 0 Å². The molecule has 0 fully saturated rings. The fraction of sp³-hybridized carbons (Fsp3) is 0.269. The van der Waals surface area contributed by atoms with Gasteiger partial charge in [-0.1, -0.05) is 68.2 Å². The molecule has 0 aliphatic carbocycles. The molecule has 2 heterocycles. The van der Waals surface area contributed by atoms with Crippen molar-refractivity contribution in [2.45, 2.75) is 40.2 Å². The lowest BCUT2D eigenvalue weighted by atomic mass is 9.86. The van der Waals surface area contributed by atoms with Crippen molar-refractivity contribution in [1.82, 2.24) is 5.16 Å².